The van der Waals surface area contributed by atoms with Gasteiger partial charge in [0, 0.05) is 67.0 Å². The molecule has 3 aromatic heterocycles. The van der Waals surface area contributed by atoms with Crippen LogP contribution in [0.3, 0.4) is 0 Å². The second kappa shape index (κ2) is 10.5. The van der Waals surface area contributed by atoms with E-state index in [0.717, 1.165) is 83.8 Å². The van der Waals surface area contributed by atoms with Gasteiger partial charge in [0.25, 0.3) is 0 Å². The Morgan fingerprint density at radius 3 is 2.45 bits per heavy atom. The lowest BCUT2D eigenvalue weighted by atomic mass is 9.78. The molecule has 1 saturated heterocycles. The molecule has 38 heavy (non-hydrogen) atoms. The van der Waals surface area contributed by atoms with Gasteiger partial charge in [-0.1, -0.05) is 62.4 Å². The van der Waals surface area contributed by atoms with Gasteiger partial charge in [0.05, 0.1) is 11.2 Å². The van der Waals surface area contributed by atoms with Crippen molar-refractivity contribution in [2.24, 2.45) is 0 Å². The average molecular weight is 506 g/mol. The van der Waals surface area contributed by atoms with Crippen molar-refractivity contribution in [2.45, 2.75) is 38.6 Å². The van der Waals surface area contributed by atoms with Crippen LogP contribution < -0.4 is 11.1 Å². The molecule has 0 amide bonds. The first-order valence-electron chi connectivity index (χ1n) is 13.8. The summed E-state index contributed by atoms with van der Waals surface area (Å²) in [6, 6.07) is 21.5. The Hall–Kier alpha value is -3.81. The number of anilines is 1. The summed E-state index contributed by atoms with van der Waals surface area (Å²) in [4.78, 5) is 17.2. The van der Waals surface area contributed by atoms with E-state index in [2.05, 4.69) is 62.1 Å². The summed E-state index contributed by atoms with van der Waals surface area (Å²) < 4.78 is 2.16. The van der Waals surface area contributed by atoms with Gasteiger partial charge in [-0.3, -0.25) is 9.30 Å². The minimum atomic E-state index is 0.427. The van der Waals surface area contributed by atoms with Crippen LogP contribution in [0.15, 0.2) is 73.1 Å². The molecule has 2 aliphatic rings. The standard InChI is InChI=1S/C29H29N7.C2H6/c30-28-27-26(21-7-6-20-8-9-24(33-25(20)18-21)19-4-2-1-3-5-19)34-29(36(27)15-12-32-28)22-16-23(17-22)35-13-10-31-11-14-35;1-2/h1-9,12,15,18,22-23,31H,10-11,13-14,16-17H2,(H2,30,32);1-2H3. The van der Waals surface area contributed by atoms with Crippen molar-refractivity contribution < 1.29 is 0 Å². The van der Waals surface area contributed by atoms with Crippen molar-refractivity contribution in [3.63, 3.8) is 0 Å². The molecule has 7 nitrogen and oxygen atoms in total. The molecule has 1 aliphatic heterocycles. The third-order valence-electron chi connectivity index (χ3n) is 7.79. The van der Waals surface area contributed by atoms with E-state index in [9.17, 15) is 0 Å². The number of hydrogen-bond donors (Lipinski definition) is 2. The topological polar surface area (TPSA) is 84.4 Å². The number of nitrogens with two attached hydrogens (primary N) is 1. The Bertz CT molecular complexity index is 1550. The van der Waals surface area contributed by atoms with E-state index >= 15 is 0 Å². The second-order valence-electron chi connectivity index (χ2n) is 9.93. The minimum absolute atomic E-state index is 0.427. The van der Waals surface area contributed by atoms with Crippen LogP contribution in [0.5, 0.6) is 0 Å². The SMILES string of the molecule is CC.Nc1nccn2c(C3CC(N4CCNCC4)C3)nc(-c3ccc4ccc(-c5ccccc5)nc4c3)c12. The molecule has 3 N–H and O–H groups in total. The Morgan fingerprint density at radius 1 is 0.895 bits per heavy atom. The summed E-state index contributed by atoms with van der Waals surface area (Å²) >= 11 is 0. The van der Waals surface area contributed by atoms with E-state index in [0.29, 0.717) is 17.8 Å². The molecular formula is C31H35N7. The Morgan fingerprint density at radius 2 is 1.66 bits per heavy atom. The molecule has 0 spiro atoms. The summed E-state index contributed by atoms with van der Waals surface area (Å²) in [6.45, 7) is 8.44. The lowest BCUT2D eigenvalue weighted by Crippen LogP contribution is -2.52. The highest BCUT2D eigenvalue weighted by molar-refractivity contribution is 5.91. The number of imidazole rings is 1. The summed E-state index contributed by atoms with van der Waals surface area (Å²) in [7, 11) is 0. The largest absolute Gasteiger partial charge is 0.382 e. The highest BCUT2D eigenvalue weighted by Gasteiger charge is 2.37. The third kappa shape index (κ3) is 4.42. The molecule has 194 valence electrons. The summed E-state index contributed by atoms with van der Waals surface area (Å²) in [5.74, 6) is 2.03. The molecule has 2 fully saturated rings. The van der Waals surface area contributed by atoms with E-state index in [1.807, 2.05) is 38.2 Å². The van der Waals surface area contributed by atoms with Crippen LogP contribution in [0, 0.1) is 0 Å². The van der Waals surface area contributed by atoms with Crippen LogP contribution in [0.4, 0.5) is 5.82 Å². The number of aromatic nitrogens is 4. The molecule has 7 heteroatoms. The molecular weight excluding hydrogens is 470 g/mol. The fourth-order valence-electron chi connectivity index (χ4n) is 5.75. The number of nitrogens with one attached hydrogen (secondary N) is 1. The highest BCUT2D eigenvalue weighted by atomic mass is 15.2. The van der Waals surface area contributed by atoms with Crippen LogP contribution in [0.2, 0.25) is 0 Å². The third-order valence-corrected chi connectivity index (χ3v) is 7.79. The smallest absolute Gasteiger partial charge is 0.150 e. The number of pyridine rings is 1. The zero-order chi connectivity index (χ0) is 26.1. The first-order chi connectivity index (χ1) is 18.7. The molecule has 7 rings (SSSR count). The predicted octanol–water partition coefficient (Wildman–Crippen LogP) is 5.37. The monoisotopic (exact) mass is 505 g/mol. The van der Waals surface area contributed by atoms with E-state index in [4.69, 9.17) is 15.7 Å². The maximum absolute atomic E-state index is 6.42. The van der Waals surface area contributed by atoms with Crippen LogP contribution in [-0.2, 0) is 0 Å². The number of piperazine rings is 1. The van der Waals surface area contributed by atoms with Gasteiger partial charge in [-0.15, -0.1) is 0 Å². The Kier molecular flexibility index (Phi) is 6.79. The fraction of sp³-hybridized carbons (Fsp3) is 0.323. The van der Waals surface area contributed by atoms with E-state index in [1.165, 1.54) is 0 Å². The van der Waals surface area contributed by atoms with E-state index in [1.54, 1.807) is 6.20 Å². The van der Waals surface area contributed by atoms with Gasteiger partial charge in [-0.2, -0.15) is 0 Å². The first kappa shape index (κ1) is 24.5. The lowest BCUT2D eigenvalue weighted by Gasteiger charge is -2.44. The number of nitrogens with zero attached hydrogens (tertiary/aromatic N) is 5. The summed E-state index contributed by atoms with van der Waals surface area (Å²) in [5, 5.41) is 4.56. The number of nitrogen functional groups attached to an aromatic ring is 1. The number of fused-ring (bicyclic) bond motifs is 2. The summed E-state index contributed by atoms with van der Waals surface area (Å²) in [6.07, 6.45) is 6.06. The number of hydrogen-bond acceptors (Lipinski definition) is 6. The molecule has 2 aromatic carbocycles. The van der Waals surface area contributed by atoms with Gasteiger partial charge in [0.2, 0.25) is 0 Å². The highest BCUT2D eigenvalue weighted by Crippen LogP contribution is 2.42. The van der Waals surface area contributed by atoms with Crippen molar-refractivity contribution >= 4 is 22.2 Å². The zero-order valence-electron chi connectivity index (χ0n) is 22.1. The number of rotatable bonds is 4. The van der Waals surface area contributed by atoms with E-state index in [-0.39, 0.29) is 0 Å². The van der Waals surface area contributed by atoms with Gasteiger partial charge in [0.15, 0.2) is 0 Å². The Labute approximate surface area is 223 Å². The van der Waals surface area contributed by atoms with Crippen LogP contribution in [0.25, 0.3) is 38.9 Å². The van der Waals surface area contributed by atoms with E-state index < -0.39 is 0 Å². The summed E-state index contributed by atoms with van der Waals surface area (Å²) in [5.41, 5.74) is 12.2. The predicted molar refractivity (Wildman–Crippen MR) is 155 cm³/mol. The molecule has 1 saturated carbocycles. The Balaban J connectivity index is 0.00000129. The van der Waals surface area contributed by atoms with Crippen molar-refractivity contribution in [3.8, 4) is 22.5 Å². The normalized spacial score (nSPS) is 19.6. The van der Waals surface area contributed by atoms with Gasteiger partial charge in [-0.25, -0.2) is 15.0 Å². The maximum atomic E-state index is 6.42. The van der Waals surface area contributed by atoms with Crippen LogP contribution in [-0.4, -0.2) is 56.5 Å². The fourth-order valence-corrected chi connectivity index (χ4v) is 5.75. The number of benzene rings is 2. The van der Waals surface area contributed by atoms with Crippen molar-refractivity contribution in [3.05, 3.63) is 78.9 Å². The molecule has 0 unspecified atom stereocenters. The average Bonchev–Trinajstić information content (AvgIpc) is 3.34. The van der Waals surface area contributed by atoms with Crippen LogP contribution >= 0.6 is 0 Å². The molecule has 4 heterocycles. The van der Waals surface area contributed by atoms with Gasteiger partial charge in [0.1, 0.15) is 22.9 Å². The molecule has 0 bridgehead atoms. The van der Waals surface area contributed by atoms with Crippen molar-refractivity contribution in [1.29, 1.82) is 0 Å². The zero-order valence-corrected chi connectivity index (χ0v) is 22.1. The quantitative estimate of drug-likeness (QED) is 0.342. The van der Waals surface area contributed by atoms with Gasteiger partial charge >= 0.3 is 0 Å². The van der Waals surface area contributed by atoms with Crippen LogP contribution in [0.1, 0.15) is 38.4 Å². The minimum Gasteiger partial charge on any atom is -0.382 e. The molecule has 1 aliphatic carbocycles. The maximum Gasteiger partial charge on any atom is 0.150 e. The van der Waals surface area contributed by atoms with Crippen molar-refractivity contribution in [1.82, 2.24) is 29.6 Å². The van der Waals surface area contributed by atoms with Gasteiger partial charge in [-0.05, 0) is 25.0 Å². The molecule has 0 radical (unpaired) electrons. The second-order valence-corrected chi connectivity index (χ2v) is 9.93. The lowest BCUT2D eigenvalue weighted by molar-refractivity contribution is 0.0928. The van der Waals surface area contributed by atoms with Crippen molar-refractivity contribution in [2.75, 3.05) is 31.9 Å². The first-order valence-corrected chi connectivity index (χ1v) is 13.8. The van der Waals surface area contributed by atoms with Gasteiger partial charge < -0.3 is 11.1 Å². The molecule has 0 atom stereocenters. The molecule has 5 aromatic rings.